The van der Waals surface area contributed by atoms with Crippen LogP contribution < -0.4 is 4.90 Å². The van der Waals surface area contributed by atoms with Crippen molar-refractivity contribution >= 4 is 21.9 Å². The molecule has 1 aliphatic rings. The minimum Gasteiger partial charge on any atom is -0.462 e. The summed E-state index contributed by atoms with van der Waals surface area (Å²) < 4.78 is 6.30. The molecule has 1 saturated heterocycles. The van der Waals surface area contributed by atoms with E-state index in [-0.39, 0.29) is 12.0 Å². The summed E-state index contributed by atoms with van der Waals surface area (Å²) in [7, 11) is 0. The molecule has 2 atom stereocenters. The van der Waals surface area contributed by atoms with Crippen LogP contribution in [0.2, 0.25) is 0 Å². The van der Waals surface area contributed by atoms with Crippen molar-refractivity contribution < 1.29 is 14.4 Å². The van der Waals surface area contributed by atoms with Gasteiger partial charge in [0.05, 0.1) is 13.2 Å². The van der Waals surface area contributed by atoms with Crippen LogP contribution in [-0.2, 0) is 16.1 Å². The van der Waals surface area contributed by atoms with E-state index in [2.05, 4.69) is 28.1 Å². The predicted octanol–water partition coefficient (Wildman–Crippen LogP) is 1.95. The molecule has 2 rings (SSSR count). The highest BCUT2D eigenvalue weighted by molar-refractivity contribution is 9.10. The molecular formula is C15H21BrNO2+. The van der Waals surface area contributed by atoms with E-state index < -0.39 is 0 Å². The van der Waals surface area contributed by atoms with Crippen molar-refractivity contribution in [3.8, 4) is 0 Å². The van der Waals surface area contributed by atoms with Crippen molar-refractivity contribution in [1.82, 2.24) is 0 Å². The molecule has 0 aromatic heterocycles. The fourth-order valence-electron chi connectivity index (χ4n) is 2.73. The second-order valence-corrected chi connectivity index (χ2v) is 5.93. The standard InChI is InChI=1S/C15H20BrNO2/c1-2-19-15(18)14-8-3-4-9-17(14)11-12-6-5-7-13(16)10-12/h5-7,10,14H,2-4,8-9,11H2,1H3/p+1/t14-/m0/s1. The summed E-state index contributed by atoms with van der Waals surface area (Å²) in [5, 5.41) is 0. The first kappa shape index (κ1) is 14.5. The Morgan fingerprint density at radius 2 is 2.32 bits per heavy atom. The topological polar surface area (TPSA) is 30.7 Å². The van der Waals surface area contributed by atoms with Crippen LogP contribution in [0.15, 0.2) is 28.7 Å². The third kappa shape index (κ3) is 4.05. The van der Waals surface area contributed by atoms with E-state index in [4.69, 9.17) is 4.74 Å². The number of ether oxygens (including phenoxy) is 1. The number of carbonyl (C=O) groups is 1. The summed E-state index contributed by atoms with van der Waals surface area (Å²) in [5.74, 6) is -0.0350. The van der Waals surface area contributed by atoms with E-state index in [1.54, 1.807) is 0 Å². The average Bonchev–Trinajstić information content (AvgIpc) is 2.39. The van der Waals surface area contributed by atoms with Crippen molar-refractivity contribution in [2.24, 2.45) is 0 Å². The number of hydrogen-bond acceptors (Lipinski definition) is 2. The Bertz CT molecular complexity index is 436. The highest BCUT2D eigenvalue weighted by Gasteiger charge is 2.33. The normalized spacial score (nSPS) is 23.1. The Balaban J connectivity index is 2.05. The maximum absolute atomic E-state index is 12.0. The highest BCUT2D eigenvalue weighted by atomic mass is 79.9. The highest BCUT2D eigenvalue weighted by Crippen LogP contribution is 2.12. The van der Waals surface area contributed by atoms with Gasteiger partial charge in [0.1, 0.15) is 6.54 Å². The van der Waals surface area contributed by atoms with Gasteiger partial charge in [0, 0.05) is 16.5 Å². The fraction of sp³-hybridized carbons (Fsp3) is 0.533. The molecule has 3 nitrogen and oxygen atoms in total. The molecular weight excluding hydrogens is 306 g/mol. The Morgan fingerprint density at radius 3 is 3.05 bits per heavy atom. The molecule has 1 aliphatic heterocycles. The van der Waals surface area contributed by atoms with Crippen LogP contribution in [0.1, 0.15) is 31.7 Å². The predicted molar refractivity (Wildman–Crippen MR) is 77.9 cm³/mol. The molecule has 1 aromatic carbocycles. The van der Waals surface area contributed by atoms with Gasteiger partial charge in [-0.3, -0.25) is 0 Å². The fourth-order valence-corrected chi connectivity index (χ4v) is 3.17. The Kier molecular flexibility index (Phi) is 5.40. The van der Waals surface area contributed by atoms with Crippen molar-refractivity contribution in [3.63, 3.8) is 0 Å². The molecule has 0 bridgehead atoms. The van der Waals surface area contributed by atoms with E-state index in [1.807, 2.05) is 19.1 Å². The van der Waals surface area contributed by atoms with Crippen LogP contribution in [-0.4, -0.2) is 25.2 Å². The summed E-state index contributed by atoms with van der Waals surface area (Å²) in [5.41, 5.74) is 1.26. The molecule has 1 fully saturated rings. The first-order valence-corrected chi connectivity index (χ1v) is 7.75. The minimum absolute atomic E-state index is 0.00711. The van der Waals surface area contributed by atoms with Gasteiger partial charge in [-0.1, -0.05) is 28.1 Å². The number of likely N-dealkylation sites (tertiary alicyclic amines) is 1. The minimum atomic E-state index is -0.0350. The maximum Gasteiger partial charge on any atom is 0.364 e. The smallest absolute Gasteiger partial charge is 0.364 e. The molecule has 0 spiro atoms. The summed E-state index contributed by atoms with van der Waals surface area (Å²) >= 11 is 3.49. The van der Waals surface area contributed by atoms with Crippen molar-refractivity contribution in [3.05, 3.63) is 34.3 Å². The lowest BCUT2D eigenvalue weighted by Crippen LogP contribution is -3.16. The molecule has 1 aromatic rings. The Hall–Kier alpha value is -0.870. The van der Waals surface area contributed by atoms with Crippen molar-refractivity contribution in [2.75, 3.05) is 13.2 Å². The second-order valence-electron chi connectivity index (χ2n) is 5.02. The third-order valence-corrected chi connectivity index (χ3v) is 4.12. The van der Waals surface area contributed by atoms with E-state index in [1.165, 1.54) is 16.9 Å². The Morgan fingerprint density at radius 1 is 1.47 bits per heavy atom. The monoisotopic (exact) mass is 326 g/mol. The number of nitrogens with one attached hydrogen (secondary N) is 1. The van der Waals surface area contributed by atoms with Gasteiger partial charge in [-0.15, -0.1) is 0 Å². The summed E-state index contributed by atoms with van der Waals surface area (Å²) in [6, 6.07) is 8.33. The quantitative estimate of drug-likeness (QED) is 0.857. The van der Waals surface area contributed by atoms with Crippen LogP contribution in [0.25, 0.3) is 0 Å². The van der Waals surface area contributed by atoms with Gasteiger partial charge in [-0.05, 0) is 31.9 Å². The number of halogens is 1. The van der Waals surface area contributed by atoms with Crippen LogP contribution in [0.4, 0.5) is 0 Å². The molecule has 0 amide bonds. The zero-order valence-electron chi connectivity index (χ0n) is 11.3. The zero-order valence-corrected chi connectivity index (χ0v) is 12.9. The zero-order chi connectivity index (χ0) is 13.7. The van der Waals surface area contributed by atoms with Gasteiger partial charge >= 0.3 is 5.97 Å². The number of rotatable bonds is 4. The van der Waals surface area contributed by atoms with Crippen LogP contribution in [0.5, 0.6) is 0 Å². The average molecular weight is 327 g/mol. The van der Waals surface area contributed by atoms with Gasteiger partial charge in [0.15, 0.2) is 6.04 Å². The maximum atomic E-state index is 12.0. The number of carbonyl (C=O) groups excluding carboxylic acids is 1. The molecule has 1 N–H and O–H groups in total. The van der Waals surface area contributed by atoms with Gasteiger partial charge in [0.2, 0.25) is 0 Å². The molecule has 0 aliphatic carbocycles. The summed E-state index contributed by atoms with van der Waals surface area (Å²) in [4.78, 5) is 13.3. The second kappa shape index (κ2) is 7.06. The summed E-state index contributed by atoms with van der Waals surface area (Å²) in [6.45, 7) is 4.28. The van der Waals surface area contributed by atoms with E-state index in [0.717, 1.165) is 30.4 Å². The van der Waals surface area contributed by atoms with Crippen molar-refractivity contribution in [1.29, 1.82) is 0 Å². The lowest BCUT2D eigenvalue weighted by atomic mass is 10.0. The number of piperidine rings is 1. The lowest BCUT2D eigenvalue weighted by Gasteiger charge is -2.30. The lowest BCUT2D eigenvalue weighted by molar-refractivity contribution is -0.935. The van der Waals surface area contributed by atoms with Gasteiger partial charge < -0.3 is 9.64 Å². The number of hydrogen-bond donors (Lipinski definition) is 1. The molecule has 104 valence electrons. The molecule has 0 saturated carbocycles. The summed E-state index contributed by atoms with van der Waals surface area (Å²) in [6.07, 6.45) is 3.27. The molecule has 1 unspecified atom stereocenters. The van der Waals surface area contributed by atoms with Crippen LogP contribution in [0.3, 0.4) is 0 Å². The molecule has 19 heavy (non-hydrogen) atoms. The SMILES string of the molecule is CCOC(=O)[C@@H]1CCCC[NH+]1Cc1cccc(Br)c1. The Labute approximate surface area is 123 Å². The first-order chi connectivity index (χ1) is 9.20. The molecule has 1 heterocycles. The van der Waals surface area contributed by atoms with Crippen molar-refractivity contribution in [2.45, 2.75) is 38.8 Å². The number of benzene rings is 1. The van der Waals surface area contributed by atoms with Crippen LogP contribution >= 0.6 is 15.9 Å². The van der Waals surface area contributed by atoms with Gasteiger partial charge in [0.25, 0.3) is 0 Å². The first-order valence-electron chi connectivity index (χ1n) is 6.96. The van der Waals surface area contributed by atoms with E-state index in [0.29, 0.717) is 6.61 Å². The number of esters is 1. The number of quaternary nitrogens is 1. The molecule has 0 radical (unpaired) electrons. The van der Waals surface area contributed by atoms with Gasteiger partial charge in [-0.25, -0.2) is 4.79 Å². The largest absolute Gasteiger partial charge is 0.462 e. The van der Waals surface area contributed by atoms with Gasteiger partial charge in [-0.2, -0.15) is 0 Å². The molecule has 4 heteroatoms. The third-order valence-electron chi connectivity index (χ3n) is 3.62. The van der Waals surface area contributed by atoms with Crippen LogP contribution in [0, 0.1) is 0 Å². The van der Waals surface area contributed by atoms with E-state index in [9.17, 15) is 4.79 Å². The van der Waals surface area contributed by atoms with E-state index >= 15 is 0 Å².